The van der Waals surface area contributed by atoms with E-state index in [1.54, 1.807) is 19.2 Å². The molecule has 1 aliphatic carbocycles. The molecule has 8 heteroatoms. The van der Waals surface area contributed by atoms with Gasteiger partial charge in [0.15, 0.2) is 6.10 Å². The van der Waals surface area contributed by atoms with Gasteiger partial charge in [0.2, 0.25) is 5.88 Å². The predicted octanol–water partition coefficient (Wildman–Crippen LogP) is 6.49. The molecule has 1 fully saturated rings. The minimum absolute atomic E-state index is 0.0407. The molecule has 1 aliphatic heterocycles. The third-order valence-electron chi connectivity index (χ3n) is 8.11. The molecular formula is C32H36FN3O4. The van der Waals surface area contributed by atoms with Crippen molar-refractivity contribution in [2.24, 2.45) is 11.8 Å². The van der Waals surface area contributed by atoms with E-state index in [9.17, 15) is 14.3 Å². The molecule has 3 heterocycles. The zero-order valence-corrected chi connectivity index (χ0v) is 23.4. The number of pyridine rings is 2. The highest BCUT2D eigenvalue weighted by Crippen LogP contribution is 2.48. The molecule has 1 aromatic carbocycles. The van der Waals surface area contributed by atoms with Crippen LogP contribution in [0, 0.1) is 17.7 Å². The Balaban J connectivity index is 1.48. The standard InChI is InChI=1S/C32H36FN3O4/c1-5-36(6-2)18-23-13-27(34-16-25(23)24-15-30(39-4)35-17-26(24)33)28-12-11-20-7-10-22(14-29(20)40-28)31(21-8-9-21)19(3)32(37)38/h7,10-17,19,21,28,31H,5-6,8-9,18H2,1-4H3,(H,37,38)/t19-,28?,31-/m0/s1. The molecule has 0 radical (unpaired) electrons. The number of carboxylic acids is 1. The maximum atomic E-state index is 14.9. The number of nitrogens with zero attached hydrogens (tertiary/aromatic N) is 3. The van der Waals surface area contributed by atoms with E-state index in [0.717, 1.165) is 48.3 Å². The Morgan fingerprint density at radius 2 is 1.93 bits per heavy atom. The van der Waals surface area contributed by atoms with Gasteiger partial charge in [-0.2, -0.15) is 0 Å². The van der Waals surface area contributed by atoms with E-state index in [2.05, 4.69) is 23.7 Å². The zero-order chi connectivity index (χ0) is 28.4. The Morgan fingerprint density at radius 3 is 2.60 bits per heavy atom. The first-order chi connectivity index (χ1) is 19.3. The third kappa shape index (κ3) is 5.72. The molecule has 7 nitrogen and oxygen atoms in total. The quantitative estimate of drug-likeness (QED) is 0.295. The lowest BCUT2D eigenvalue weighted by Gasteiger charge is -2.26. The number of rotatable bonds is 11. The highest BCUT2D eigenvalue weighted by Gasteiger charge is 2.39. The number of hydrogen-bond donors (Lipinski definition) is 1. The molecule has 1 saturated carbocycles. The Kier molecular flexibility index (Phi) is 8.17. The maximum Gasteiger partial charge on any atom is 0.306 e. The highest BCUT2D eigenvalue weighted by atomic mass is 19.1. The number of halogens is 1. The second kappa shape index (κ2) is 11.8. The van der Waals surface area contributed by atoms with Crippen molar-refractivity contribution in [3.05, 3.63) is 77.0 Å². The van der Waals surface area contributed by atoms with Gasteiger partial charge in [0.05, 0.1) is 24.9 Å². The molecule has 40 heavy (non-hydrogen) atoms. The molecular weight excluding hydrogens is 509 g/mol. The summed E-state index contributed by atoms with van der Waals surface area (Å²) < 4.78 is 26.6. The first-order valence-electron chi connectivity index (χ1n) is 14.0. The first-order valence-corrected chi connectivity index (χ1v) is 14.0. The van der Waals surface area contributed by atoms with Gasteiger partial charge in [-0.3, -0.25) is 14.7 Å². The third-order valence-corrected chi connectivity index (χ3v) is 8.11. The fourth-order valence-corrected chi connectivity index (χ4v) is 5.57. The summed E-state index contributed by atoms with van der Waals surface area (Å²) in [6, 6.07) is 9.62. The SMILES string of the molecule is CCN(CC)Cc1cc(C2C=Cc3ccc([C@H](C4CC4)[C@H](C)C(=O)O)cc3O2)ncc1-c1cc(OC)ncc1F. The Morgan fingerprint density at radius 1 is 1.15 bits per heavy atom. The van der Waals surface area contributed by atoms with Crippen LogP contribution in [0.5, 0.6) is 11.6 Å². The molecule has 5 rings (SSSR count). The molecule has 1 N–H and O–H groups in total. The van der Waals surface area contributed by atoms with Crippen LogP contribution in [-0.4, -0.2) is 46.1 Å². The van der Waals surface area contributed by atoms with Gasteiger partial charge in [-0.25, -0.2) is 9.37 Å². The van der Waals surface area contributed by atoms with Crippen LogP contribution >= 0.6 is 0 Å². The monoisotopic (exact) mass is 545 g/mol. The van der Waals surface area contributed by atoms with Crippen molar-refractivity contribution < 1.29 is 23.8 Å². The summed E-state index contributed by atoms with van der Waals surface area (Å²) in [6.45, 7) is 8.31. The summed E-state index contributed by atoms with van der Waals surface area (Å²) in [7, 11) is 1.51. The van der Waals surface area contributed by atoms with Gasteiger partial charge in [0.25, 0.3) is 0 Å². The van der Waals surface area contributed by atoms with Crippen molar-refractivity contribution in [3.63, 3.8) is 0 Å². The smallest absolute Gasteiger partial charge is 0.306 e. The van der Waals surface area contributed by atoms with Crippen LogP contribution < -0.4 is 9.47 Å². The van der Waals surface area contributed by atoms with Crippen molar-refractivity contribution in [2.75, 3.05) is 20.2 Å². The lowest BCUT2D eigenvalue weighted by molar-refractivity contribution is -0.142. The van der Waals surface area contributed by atoms with Crippen molar-refractivity contribution in [1.82, 2.24) is 14.9 Å². The summed E-state index contributed by atoms with van der Waals surface area (Å²) >= 11 is 0. The van der Waals surface area contributed by atoms with E-state index < -0.39 is 23.8 Å². The Labute approximate surface area is 234 Å². The van der Waals surface area contributed by atoms with Gasteiger partial charge in [-0.15, -0.1) is 0 Å². The van der Waals surface area contributed by atoms with E-state index in [1.807, 2.05) is 36.4 Å². The van der Waals surface area contributed by atoms with E-state index >= 15 is 0 Å². The van der Waals surface area contributed by atoms with Crippen molar-refractivity contribution in [3.8, 4) is 22.8 Å². The number of carbonyl (C=O) groups is 1. The molecule has 1 unspecified atom stereocenters. The highest BCUT2D eigenvalue weighted by molar-refractivity contribution is 5.72. The summed E-state index contributed by atoms with van der Waals surface area (Å²) in [5.74, 6) is -0.279. The molecule has 210 valence electrons. The Hall–Kier alpha value is -3.78. The van der Waals surface area contributed by atoms with Gasteiger partial charge in [-0.1, -0.05) is 39.0 Å². The second-order valence-corrected chi connectivity index (χ2v) is 10.6. The number of hydrogen-bond acceptors (Lipinski definition) is 6. The van der Waals surface area contributed by atoms with Crippen LogP contribution in [0.25, 0.3) is 17.2 Å². The lowest BCUT2D eigenvalue weighted by atomic mass is 9.82. The molecule has 0 saturated heterocycles. The summed E-state index contributed by atoms with van der Waals surface area (Å²) in [5, 5.41) is 9.71. The fourth-order valence-electron chi connectivity index (χ4n) is 5.57. The van der Waals surface area contributed by atoms with E-state index in [0.29, 0.717) is 35.2 Å². The molecule has 3 aromatic rings. The molecule has 0 amide bonds. The molecule has 0 spiro atoms. The van der Waals surface area contributed by atoms with Gasteiger partial charge >= 0.3 is 5.97 Å². The zero-order valence-electron chi connectivity index (χ0n) is 23.4. The number of methoxy groups -OCH3 is 1. The average Bonchev–Trinajstić information content (AvgIpc) is 3.81. The molecule has 2 aromatic heterocycles. The van der Waals surface area contributed by atoms with Gasteiger partial charge in [-0.05, 0) is 67.1 Å². The van der Waals surface area contributed by atoms with Crippen LogP contribution in [0.4, 0.5) is 4.39 Å². The van der Waals surface area contributed by atoms with Crippen LogP contribution in [0.3, 0.4) is 0 Å². The predicted molar refractivity (Wildman–Crippen MR) is 152 cm³/mol. The number of ether oxygens (including phenoxy) is 2. The molecule has 3 atom stereocenters. The number of carboxylic acid groups (broad SMARTS) is 1. The van der Waals surface area contributed by atoms with Gasteiger partial charge < -0.3 is 14.6 Å². The maximum absolute atomic E-state index is 14.9. The van der Waals surface area contributed by atoms with Crippen molar-refractivity contribution in [1.29, 1.82) is 0 Å². The summed E-state index contributed by atoms with van der Waals surface area (Å²) in [5.41, 5.74) is 4.67. The van der Waals surface area contributed by atoms with Crippen LogP contribution in [0.15, 0.2) is 48.8 Å². The topological polar surface area (TPSA) is 84.8 Å². The van der Waals surface area contributed by atoms with E-state index in [4.69, 9.17) is 14.5 Å². The van der Waals surface area contributed by atoms with E-state index in [-0.39, 0.29) is 5.92 Å². The van der Waals surface area contributed by atoms with Crippen molar-refractivity contribution in [2.45, 2.75) is 52.2 Å². The minimum Gasteiger partial charge on any atom is -0.481 e. The largest absolute Gasteiger partial charge is 0.481 e. The van der Waals surface area contributed by atoms with Gasteiger partial charge in [0, 0.05) is 35.5 Å². The number of aromatic nitrogens is 2. The lowest BCUT2D eigenvalue weighted by Crippen LogP contribution is -2.23. The molecule has 0 bridgehead atoms. The number of benzene rings is 1. The minimum atomic E-state index is -0.776. The summed E-state index contributed by atoms with van der Waals surface area (Å²) in [6.07, 6.45) is 8.54. The van der Waals surface area contributed by atoms with Crippen LogP contribution in [0.1, 0.15) is 68.0 Å². The van der Waals surface area contributed by atoms with Crippen LogP contribution in [-0.2, 0) is 11.3 Å². The summed E-state index contributed by atoms with van der Waals surface area (Å²) in [4.78, 5) is 22.8. The number of aliphatic carboxylic acids is 1. The number of fused-ring (bicyclic) bond motifs is 1. The first kappa shape index (κ1) is 27.8. The van der Waals surface area contributed by atoms with Crippen LogP contribution in [0.2, 0.25) is 0 Å². The molecule has 2 aliphatic rings. The fraction of sp³-hybridized carbons (Fsp3) is 0.406. The van der Waals surface area contributed by atoms with Gasteiger partial charge in [0.1, 0.15) is 11.6 Å². The van der Waals surface area contributed by atoms with Crippen molar-refractivity contribution >= 4 is 12.0 Å². The normalized spacial score (nSPS) is 17.7. The average molecular weight is 546 g/mol. The second-order valence-electron chi connectivity index (χ2n) is 10.6. The Bertz CT molecular complexity index is 1420. The van der Waals surface area contributed by atoms with E-state index in [1.165, 1.54) is 13.3 Å².